The van der Waals surface area contributed by atoms with Crippen LogP contribution in [0.3, 0.4) is 0 Å². The third-order valence-electron chi connectivity index (χ3n) is 6.27. The molecule has 0 radical (unpaired) electrons. The van der Waals surface area contributed by atoms with Gasteiger partial charge < -0.3 is 4.98 Å². The lowest BCUT2D eigenvalue weighted by atomic mass is 9.94. The summed E-state index contributed by atoms with van der Waals surface area (Å²) in [5.41, 5.74) is 5.96. The molecule has 1 aromatic heterocycles. The number of hydrazine groups is 1. The van der Waals surface area contributed by atoms with Gasteiger partial charge in [-0.05, 0) is 43.5 Å². The third-order valence-corrected chi connectivity index (χ3v) is 8.09. The van der Waals surface area contributed by atoms with Gasteiger partial charge in [-0.3, -0.25) is 15.0 Å². The van der Waals surface area contributed by atoms with Gasteiger partial charge in [0.15, 0.2) is 0 Å². The van der Waals surface area contributed by atoms with Crippen LogP contribution in [0.25, 0.3) is 22.0 Å². The molecule has 2 N–H and O–H groups in total. The number of aromatic amines is 1. The molecule has 0 bridgehead atoms. The van der Waals surface area contributed by atoms with Crippen molar-refractivity contribution in [3.8, 4) is 11.1 Å². The Hall–Kier alpha value is -2.44. The first-order valence-electron chi connectivity index (χ1n) is 10.7. The summed E-state index contributed by atoms with van der Waals surface area (Å²) in [5, 5.41) is 2.95. The van der Waals surface area contributed by atoms with Crippen molar-refractivity contribution < 1.29 is 9.59 Å². The minimum absolute atomic E-state index is 0.0272. The van der Waals surface area contributed by atoms with Crippen molar-refractivity contribution in [1.82, 2.24) is 15.4 Å². The van der Waals surface area contributed by atoms with Gasteiger partial charge in [0.1, 0.15) is 10.6 Å². The number of nitrogens with zero attached hydrogens (tertiary/aromatic N) is 1. The maximum atomic E-state index is 13.5. The molecule has 7 heteroatoms. The van der Waals surface area contributed by atoms with Crippen LogP contribution in [0.15, 0.2) is 48.5 Å². The highest BCUT2D eigenvalue weighted by Crippen LogP contribution is 2.49. The number of aromatic nitrogens is 1. The summed E-state index contributed by atoms with van der Waals surface area (Å²) in [6.45, 7) is 1.93. The zero-order chi connectivity index (χ0) is 21.6. The van der Waals surface area contributed by atoms with Crippen molar-refractivity contribution >= 4 is 46.1 Å². The smallest absolute Gasteiger partial charge is 0.286 e. The van der Waals surface area contributed by atoms with Crippen molar-refractivity contribution in [3.63, 3.8) is 0 Å². The molecule has 1 unspecified atom stereocenters. The van der Waals surface area contributed by atoms with Crippen molar-refractivity contribution in [1.29, 1.82) is 0 Å². The summed E-state index contributed by atoms with van der Waals surface area (Å²) in [6.07, 6.45) is 5.12. The standard InChI is InChI=1S/C24H24ClN3O2S/c1-15-23(30)28(24(31-15)12-6-3-7-13-24)27-22(29)21-20(16-8-4-2-5-9-16)18-14-17(25)10-11-19(18)26-21/h2,4-5,8-11,14-15,26H,3,6-7,12-13H2,1H3,(H,27,29). The van der Waals surface area contributed by atoms with Crippen molar-refractivity contribution in [2.45, 2.75) is 49.1 Å². The number of carbonyl (C=O) groups excluding carboxylic acids is 2. The summed E-state index contributed by atoms with van der Waals surface area (Å²) in [7, 11) is 0. The highest BCUT2D eigenvalue weighted by molar-refractivity contribution is 8.02. The molecule has 3 aromatic rings. The summed E-state index contributed by atoms with van der Waals surface area (Å²) < 4.78 is 0. The van der Waals surface area contributed by atoms with Crippen molar-refractivity contribution in [2.24, 2.45) is 0 Å². The van der Waals surface area contributed by atoms with Gasteiger partial charge in [-0.15, -0.1) is 11.8 Å². The first-order chi connectivity index (χ1) is 15.0. The Balaban J connectivity index is 1.56. The van der Waals surface area contributed by atoms with Crippen molar-refractivity contribution in [2.75, 3.05) is 0 Å². The van der Waals surface area contributed by atoms with Gasteiger partial charge in [-0.2, -0.15) is 0 Å². The quantitative estimate of drug-likeness (QED) is 0.530. The monoisotopic (exact) mass is 453 g/mol. The van der Waals surface area contributed by atoms with Crippen LogP contribution >= 0.6 is 23.4 Å². The normalized spacial score (nSPS) is 20.5. The molecule has 1 atom stereocenters. The van der Waals surface area contributed by atoms with Crippen LogP contribution in [0.2, 0.25) is 5.02 Å². The van der Waals surface area contributed by atoms with E-state index in [4.69, 9.17) is 11.6 Å². The van der Waals surface area contributed by atoms with E-state index in [1.807, 2.05) is 49.4 Å². The average molecular weight is 454 g/mol. The SMILES string of the molecule is CC1SC2(CCCCC2)N(NC(=O)c2[nH]c3ccc(Cl)cc3c2-c2ccccc2)C1=O. The summed E-state index contributed by atoms with van der Waals surface area (Å²) in [5.74, 6) is -0.333. The minimum atomic E-state index is -0.341. The van der Waals surface area contributed by atoms with Crippen molar-refractivity contribution in [3.05, 3.63) is 59.2 Å². The predicted octanol–water partition coefficient (Wildman–Crippen LogP) is 5.76. The van der Waals surface area contributed by atoms with Crippen LogP contribution in [0.4, 0.5) is 0 Å². The number of carbonyl (C=O) groups is 2. The maximum Gasteiger partial charge on any atom is 0.286 e. The number of thioether (sulfide) groups is 1. The Morgan fingerprint density at radius 1 is 1.16 bits per heavy atom. The fourth-order valence-electron chi connectivity index (χ4n) is 4.81. The Morgan fingerprint density at radius 3 is 2.65 bits per heavy atom. The van der Waals surface area contributed by atoms with Crippen LogP contribution in [0, 0.1) is 0 Å². The van der Waals surface area contributed by atoms with E-state index in [0.29, 0.717) is 10.7 Å². The Kier molecular flexibility index (Phi) is 5.22. The molecule has 2 aromatic carbocycles. The molecule has 31 heavy (non-hydrogen) atoms. The fraction of sp³-hybridized carbons (Fsp3) is 0.333. The maximum absolute atomic E-state index is 13.5. The largest absolute Gasteiger partial charge is 0.350 e. The lowest BCUT2D eigenvalue weighted by Crippen LogP contribution is -2.55. The number of hydrogen-bond acceptors (Lipinski definition) is 3. The second-order valence-electron chi connectivity index (χ2n) is 8.31. The van der Waals surface area contributed by atoms with Gasteiger partial charge in [0, 0.05) is 21.5 Å². The molecule has 2 amide bonds. The Morgan fingerprint density at radius 2 is 1.90 bits per heavy atom. The lowest BCUT2D eigenvalue weighted by Gasteiger charge is -2.39. The van der Waals surface area contributed by atoms with E-state index in [9.17, 15) is 9.59 Å². The second-order valence-corrected chi connectivity index (χ2v) is 10.5. The van der Waals surface area contributed by atoms with E-state index in [0.717, 1.165) is 47.7 Å². The number of H-pyrrole nitrogens is 1. The highest BCUT2D eigenvalue weighted by atomic mass is 35.5. The zero-order valence-corrected chi connectivity index (χ0v) is 18.9. The lowest BCUT2D eigenvalue weighted by molar-refractivity contribution is -0.135. The Labute approximate surface area is 190 Å². The fourth-order valence-corrected chi connectivity index (χ4v) is 6.62. The molecule has 160 valence electrons. The van der Waals surface area contributed by atoms with Gasteiger partial charge in [-0.1, -0.05) is 61.2 Å². The number of rotatable bonds is 3. The molecule has 1 saturated carbocycles. The molecule has 1 saturated heterocycles. The highest BCUT2D eigenvalue weighted by Gasteiger charge is 2.51. The number of hydrogen-bond donors (Lipinski definition) is 2. The minimum Gasteiger partial charge on any atom is -0.350 e. The molecular weight excluding hydrogens is 430 g/mol. The molecule has 1 aliphatic carbocycles. The molecule has 2 aliphatic rings. The van der Waals surface area contributed by atoms with Gasteiger partial charge >= 0.3 is 0 Å². The molecule has 1 spiro atoms. The first-order valence-corrected chi connectivity index (χ1v) is 11.9. The van der Waals surface area contributed by atoms with E-state index in [-0.39, 0.29) is 21.9 Å². The Bertz CT molecular complexity index is 1150. The topological polar surface area (TPSA) is 65.2 Å². The summed E-state index contributed by atoms with van der Waals surface area (Å²) in [4.78, 5) is 29.5. The number of fused-ring (bicyclic) bond motifs is 1. The first kappa shape index (κ1) is 20.5. The van der Waals surface area contributed by atoms with Gasteiger partial charge in [0.2, 0.25) is 0 Å². The van der Waals surface area contributed by atoms with Crippen LogP contribution in [-0.4, -0.2) is 31.9 Å². The van der Waals surface area contributed by atoms with E-state index >= 15 is 0 Å². The number of benzene rings is 2. The average Bonchev–Trinajstić information content (AvgIpc) is 3.25. The molecule has 5 nitrogen and oxygen atoms in total. The van der Waals surface area contributed by atoms with Crippen LogP contribution < -0.4 is 5.43 Å². The molecule has 5 rings (SSSR count). The zero-order valence-electron chi connectivity index (χ0n) is 17.3. The van der Waals surface area contributed by atoms with E-state index in [1.54, 1.807) is 22.8 Å². The van der Waals surface area contributed by atoms with Gasteiger partial charge in [-0.25, -0.2) is 5.01 Å². The second kappa shape index (κ2) is 7.92. The van der Waals surface area contributed by atoms with Crippen LogP contribution in [0.1, 0.15) is 49.5 Å². The molecule has 2 heterocycles. The van der Waals surface area contributed by atoms with Crippen LogP contribution in [-0.2, 0) is 4.79 Å². The van der Waals surface area contributed by atoms with E-state index < -0.39 is 0 Å². The summed E-state index contributed by atoms with van der Waals surface area (Å²) in [6, 6.07) is 15.3. The number of halogens is 1. The molecule has 2 fully saturated rings. The van der Waals surface area contributed by atoms with E-state index in [2.05, 4.69) is 10.4 Å². The van der Waals surface area contributed by atoms with Crippen LogP contribution in [0.5, 0.6) is 0 Å². The predicted molar refractivity (Wildman–Crippen MR) is 126 cm³/mol. The number of nitrogens with one attached hydrogen (secondary N) is 2. The molecular formula is C24H24ClN3O2S. The van der Waals surface area contributed by atoms with Gasteiger partial charge in [0.05, 0.1) is 5.25 Å². The molecule has 1 aliphatic heterocycles. The summed E-state index contributed by atoms with van der Waals surface area (Å²) >= 11 is 7.95. The third kappa shape index (κ3) is 3.52. The van der Waals surface area contributed by atoms with Gasteiger partial charge in [0.25, 0.3) is 11.8 Å². The van der Waals surface area contributed by atoms with E-state index in [1.165, 1.54) is 6.42 Å². The number of amides is 2.